The van der Waals surface area contributed by atoms with Crippen molar-refractivity contribution in [3.8, 4) is 5.75 Å². The van der Waals surface area contributed by atoms with E-state index in [9.17, 15) is 9.59 Å². The molecule has 0 saturated carbocycles. The van der Waals surface area contributed by atoms with Gasteiger partial charge in [-0.15, -0.1) is 0 Å². The van der Waals surface area contributed by atoms with Crippen LogP contribution in [0.3, 0.4) is 0 Å². The number of hydrogen-bond acceptors (Lipinski definition) is 5. The van der Waals surface area contributed by atoms with Gasteiger partial charge in [-0.25, -0.2) is 4.79 Å². The summed E-state index contributed by atoms with van der Waals surface area (Å²) >= 11 is 0. The number of hydrogen-bond donors (Lipinski definition) is 2. The van der Waals surface area contributed by atoms with Crippen LogP contribution in [0.15, 0.2) is 73.1 Å². The Morgan fingerprint density at radius 2 is 1.79 bits per heavy atom. The highest BCUT2D eigenvalue weighted by molar-refractivity contribution is 5.92. The fourth-order valence-corrected chi connectivity index (χ4v) is 3.65. The van der Waals surface area contributed by atoms with Gasteiger partial charge in [0, 0.05) is 56.0 Å². The Morgan fingerprint density at radius 1 is 0.970 bits per heavy atom. The number of carbonyl (C=O) groups excluding carboxylic acids is 2. The summed E-state index contributed by atoms with van der Waals surface area (Å²) < 4.78 is 7.51. The molecule has 1 aromatic heterocycles. The normalized spacial score (nSPS) is 13.5. The molecular weight excluding hydrogens is 420 g/mol. The number of para-hydroxylation sites is 1. The number of anilines is 2. The second-order valence-electron chi connectivity index (χ2n) is 7.66. The number of nitrogens with one attached hydrogen (secondary N) is 2. The summed E-state index contributed by atoms with van der Waals surface area (Å²) in [6.07, 6.45) is 3.59. The van der Waals surface area contributed by atoms with E-state index in [1.807, 2.05) is 36.5 Å². The molecule has 33 heavy (non-hydrogen) atoms. The Balaban J connectivity index is 1.17. The van der Waals surface area contributed by atoms with Crippen LogP contribution < -0.4 is 20.3 Å². The average Bonchev–Trinajstić information content (AvgIpc) is 3.37. The number of amides is 3. The molecule has 0 spiro atoms. The van der Waals surface area contributed by atoms with E-state index in [-0.39, 0.29) is 12.5 Å². The maximum absolute atomic E-state index is 12.5. The molecule has 0 unspecified atom stereocenters. The highest BCUT2D eigenvalue weighted by Gasteiger charge is 2.21. The zero-order valence-electron chi connectivity index (χ0n) is 18.4. The number of urea groups is 1. The maximum Gasteiger partial charge on any atom is 0.319 e. The molecule has 9 nitrogen and oxygen atoms in total. The molecule has 2 heterocycles. The van der Waals surface area contributed by atoms with Crippen molar-refractivity contribution in [2.45, 2.75) is 6.54 Å². The minimum absolute atomic E-state index is 0.0444. The van der Waals surface area contributed by atoms with Crippen molar-refractivity contribution in [3.05, 3.63) is 73.1 Å². The molecule has 1 saturated heterocycles. The summed E-state index contributed by atoms with van der Waals surface area (Å²) in [5.74, 6) is 0.556. The molecule has 1 fully saturated rings. The predicted molar refractivity (Wildman–Crippen MR) is 126 cm³/mol. The van der Waals surface area contributed by atoms with E-state index >= 15 is 0 Å². The van der Waals surface area contributed by atoms with Gasteiger partial charge in [0.25, 0.3) is 0 Å². The van der Waals surface area contributed by atoms with E-state index in [0.29, 0.717) is 37.7 Å². The van der Waals surface area contributed by atoms with Crippen molar-refractivity contribution in [1.82, 2.24) is 20.0 Å². The van der Waals surface area contributed by atoms with Gasteiger partial charge in [0.05, 0.1) is 13.1 Å². The van der Waals surface area contributed by atoms with Gasteiger partial charge in [0.15, 0.2) is 0 Å². The molecule has 1 aliphatic rings. The predicted octanol–water partition coefficient (Wildman–Crippen LogP) is 2.43. The van der Waals surface area contributed by atoms with Gasteiger partial charge in [-0.1, -0.05) is 24.3 Å². The van der Waals surface area contributed by atoms with Crippen LogP contribution in [0, 0.1) is 0 Å². The SMILES string of the molecule is O=C(NCC(=O)N1CCN(c2ccccc2)CC1)Nc1cccc(OCCn2cccn2)c1. The van der Waals surface area contributed by atoms with Gasteiger partial charge >= 0.3 is 6.03 Å². The number of rotatable bonds is 8. The molecule has 3 aromatic rings. The Bertz CT molecular complexity index is 1030. The first-order valence-corrected chi connectivity index (χ1v) is 11.0. The van der Waals surface area contributed by atoms with Gasteiger partial charge in [0.1, 0.15) is 12.4 Å². The number of ether oxygens (including phenoxy) is 1. The number of carbonyl (C=O) groups is 2. The fraction of sp³-hybridized carbons (Fsp3) is 0.292. The first kappa shape index (κ1) is 22.2. The summed E-state index contributed by atoms with van der Waals surface area (Å²) in [5.41, 5.74) is 1.75. The highest BCUT2D eigenvalue weighted by Crippen LogP contribution is 2.18. The van der Waals surface area contributed by atoms with Crippen LogP contribution in [0.2, 0.25) is 0 Å². The van der Waals surface area contributed by atoms with E-state index < -0.39 is 6.03 Å². The smallest absolute Gasteiger partial charge is 0.319 e. The molecule has 0 radical (unpaired) electrons. The monoisotopic (exact) mass is 448 g/mol. The lowest BCUT2D eigenvalue weighted by Crippen LogP contribution is -2.51. The fourth-order valence-electron chi connectivity index (χ4n) is 3.65. The molecule has 1 aliphatic heterocycles. The summed E-state index contributed by atoms with van der Waals surface area (Å²) in [7, 11) is 0. The van der Waals surface area contributed by atoms with Crippen molar-refractivity contribution in [2.24, 2.45) is 0 Å². The number of nitrogens with zero attached hydrogens (tertiary/aromatic N) is 4. The van der Waals surface area contributed by atoms with Crippen molar-refractivity contribution in [2.75, 3.05) is 49.5 Å². The largest absolute Gasteiger partial charge is 0.492 e. The van der Waals surface area contributed by atoms with Crippen LogP contribution in [0.1, 0.15) is 0 Å². The third-order valence-corrected chi connectivity index (χ3v) is 5.39. The van der Waals surface area contributed by atoms with Crippen LogP contribution in [0.25, 0.3) is 0 Å². The van der Waals surface area contributed by atoms with Crippen molar-refractivity contribution < 1.29 is 14.3 Å². The molecule has 172 valence electrons. The molecule has 0 atom stereocenters. The quantitative estimate of drug-likeness (QED) is 0.552. The van der Waals surface area contributed by atoms with E-state index in [4.69, 9.17) is 4.74 Å². The lowest BCUT2D eigenvalue weighted by atomic mass is 10.2. The Kier molecular flexibility index (Phi) is 7.42. The van der Waals surface area contributed by atoms with Crippen LogP contribution in [0.5, 0.6) is 5.75 Å². The van der Waals surface area contributed by atoms with E-state index in [1.165, 1.54) is 0 Å². The Labute approximate surface area is 192 Å². The number of aromatic nitrogens is 2. The third kappa shape index (κ3) is 6.49. The van der Waals surface area contributed by atoms with Crippen molar-refractivity contribution in [1.29, 1.82) is 0 Å². The van der Waals surface area contributed by atoms with Crippen molar-refractivity contribution >= 4 is 23.3 Å². The second kappa shape index (κ2) is 11.0. The molecule has 0 bridgehead atoms. The van der Waals surface area contributed by atoms with E-state index in [1.54, 1.807) is 34.0 Å². The zero-order chi connectivity index (χ0) is 22.9. The number of piperazine rings is 1. The minimum atomic E-state index is -0.431. The lowest BCUT2D eigenvalue weighted by Gasteiger charge is -2.36. The molecule has 4 rings (SSSR count). The topological polar surface area (TPSA) is 91.7 Å². The maximum atomic E-state index is 12.5. The molecule has 2 aromatic carbocycles. The summed E-state index contributed by atoms with van der Waals surface area (Å²) in [5, 5.41) is 9.52. The van der Waals surface area contributed by atoms with Crippen LogP contribution in [-0.4, -0.2) is 65.9 Å². The van der Waals surface area contributed by atoms with Crippen LogP contribution in [0.4, 0.5) is 16.2 Å². The molecular formula is C24H28N6O3. The molecule has 3 amide bonds. The first-order chi connectivity index (χ1) is 16.2. The van der Waals surface area contributed by atoms with Crippen molar-refractivity contribution in [3.63, 3.8) is 0 Å². The van der Waals surface area contributed by atoms with Gasteiger partial charge in [0.2, 0.25) is 5.91 Å². The van der Waals surface area contributed by atoms with E-state index in [0.717, 1.165) is 18.8 Å². The number of benzene rings is 2. The lowest BCUT2D eigenvalue weighted by molar-refractivity contribution is -0.130. The second-order valence-corrected chi connectivity index (χ2v) is 7.66. The van der Waals surface area contributed by atoms with Gasteiger partial charge < -0.3 is 25.2 Å². The summed E-state index contributed by atoms with van der Waals surface area (Å²) in [6, 6.07) is 18.7. The molecule has 0 aliphatic carbocycles. The first-order valence-electron chi connectivity index (χ1n) is 11.0. The molecule has 9 heteroatoms. The summed E-state index contributed by atoms with van der Waals surface area (Å²) in [4.78, 5) is 28.8. The van der Waals surface area contributed by atoms with Crippen LogP contribution in [-0.2, 0) is 11.3 Å². The standard InChI is InChI=1S/C24H28N6O3/c31-23(29-14-12-28(13-15-29)21-7-2-1-3-8-21)19-25-24(32)27-20-6-4-9-22(18-20)33-17-16-30-11-5-10-26-30/h1-11,18H,12-17,19H2,(H2,25,27,32). The van der Waals surface area contributed by atoms with Gasteiger partial charge in [-0.3, -0.25) is 9.48 Å². The Morgan fingerprint density at radius 3 is 2.55 bits per heavy atom. The third-order valence-electron chi connectivity index (χ3n) is 5.39. The van der Waals surface area contributed by atoms with Gasteiger partial charge in [-0.2, -0.15) is 5.10 Å². The summed E-state index contributed by atoms with van der Waals surface area (Å²) in [6.45, 7) is 3.86. The average molecular weight is 449 g/mol. The molecule has 2 N–H and O–H groups in total. The van der Waals surface area contributed by atoms with Gasteiger partial charge in [-0.05, 0) is 30.3 Å². The highest BCUT2D eigenvalue weighted by atomic mass is 16.5. The minimum Gasteiger partial charge on any atom is -0.492 e. The van der Waals surface area contributed by atoms with Crippen LogP contribution >= 0.6 is 0 Å². The Hall–Kier alpha value is -4.01. The van der Waals surface area contributed by atoms with E-state index in [2.05, 4.69) is 32.8 Å². The zero-order valence-corrected chi connectivity index (χ0v) is 18.4.